The first-order chi connectivity index (χ1) is 10.1. The van der Waals surface area contributed by atoms with Gasteiger partial charge in [-0.05, 0) is 61.4 Å². The first kappa shape index (κ1) is 13.3. The van der Waals surface area contributed by atoms with Crippen LogP contribution in [0.1, 0.15) is 36.0 Å². The fourth-order valence-corrected chi connectivity index (χ4v) is 5.14. The number of benzene rings is 1. The molecular weight excluding hydrogens is 264 g/mol. The van der Waals surface area contributed by atoms with Crippen molar-refractivity contribution in [2.24, 2.45) is 5.92 Å². The second-order valence-electron chi connectivity index (χ2n) is 6.91. The Labute approximate surface area is 124 Å². The highest BCUT2D eigenvalue weighted by Crippen LogP contribution is 2.59. The molecule has 1 aromatic rings. The lowest BCUT2D eigenvalue weighted by Crippen LogP contribution is -2.68. The molecule has 2 bridgehead atoms. The molecule has 110 valence electrons. The van der Waals surface area contributed by atoms with Gasteiger partial charge in [-0.1, -0.05) is 6.07 Å². The Morgan fingerprint density at radius 3 is 3.00 bits per heavy atom. The standard InChI is InChI=1S/C17H20N2O2/c18-9-11-1-2-13-6-15-17(21)8-12(10-20)7-16(17,3-4-19-15)14(13)5-11/h1-2,5,12,15,19-21H,3-4,6-8,10H2. The smallest absolute Gasteiger partial charge is 0.0991 e. The maximum atomic E-state index is 11.4. The fourth-order valence-electron chi connectivity index (χ4n) is 5.14. The van der Waals surface area contributed by atoms with E-state index in [0.29, 0.717) is 12.0 Å². The van der Waals surface area contributed by atoms with Gasteiger partial charge in [0.2, 0.25) is 0 Å². The molecule has 4 nitrogen and oxygen atoms in total. The highest BCUT2D eigenvalue weighted by Gasteiger charge is 2.65. The van der Waals surface area contributed by atoms with Crippen LogP contribution in [-0.4, -0.2) is 35.0 Å². The summed E-state index contributed by atoms with van der Waals surface area (Å²) in [6.45, 7) is 1.02. The fraction of sp³-hybridized carbons (Fsp3) is 0.588. The predicted octanol–water partition coefficient (Wildman–Crippen LogP) is 0.847. The Hall–Kier alpha value is -1.41. The lowest BCUT2D eigenvalue weighted by atomic mass is 9.56. The van der Waals surface area contributed by atoms with Gasteiger partial charge in [-0.15, -0.1) is 0 Å². The summed E-state index contributed by atoms with van der Waals surface area (Å²) in [5.41, 5.74) is 1.97. The van der Waals surface area contributed by atoms with Crippen LogP contribution in [0.25, 0.3) is 0 Å². The van der Waals surface area contributed by atoms with Crippen LogP contribution in [0.3, 0.4) is 0 Å². The number of nitrogens with zero attached hydrogens (tertiary/aromatic N) is 1. The normalized spacial score (nSPS) is 40.2. The summed E-state index contributed by atoms with van der Waals surface area (Å²) in [7, 11) is 0. The molecule has 1 aliphatic heterocycles. The van der Waals surface area contributed by atoms with Gasteiger partial charge >= 0.3 is 0 Å². The van der Waals surface area contributed by atoms with Gasteiger partial charge in [0.1, 0.15) is 0 Å². The zero-order valence-electron chi connectivity index (χ0n) is 12.0. The SMILES string of the molecule is N#Cc1ccc2c(c1)C13CCNC(C2)C1(O)CC(CO)C3. The third-order valence-corrected chi connectivity index (χ3v) is 6.02. The summed E-state index contributed by atoms with van der Waals surface area (Å²) in [6, 6.07) is 8.16. The van der Waals surface area contributed by atoms with Crippen LogP contribution in [0.5, 0.6) is 0 Å². The molecule has 4 unspecified atom stereocenters. The van der Waals surface area contributed by atoms with Crippen molar-refractivity contribution in [3.63, 3.8) is 0 Å². The largest absolute Gasteiger partial charge is 0.396 e. The van der Waals surface area contributed by atoms with E-state index < -0.39 is 5.60 Å². The van der Waals surface area contributed by atoms with Crippen LogP contribution in [0.15, 0.2) is 18.2 Å². The van der Waals surface area contributed by atoms with Crippen molar-refractivity contribution >= 4 is 0 Å². The zero-order valence-corrected chi connectivity index (χ0v) is 12.0. The quantitative estimate of drug-likeness (QED) is 0.714. The van der Waals surface area contributed by atoms with Gasteiger partial charge in [0.05, 0.1) is 17.2 Å². The van der Waals surface area contributed by atoms with Crippen LogP contribution in [0.4, 0.5) is 0 Å². The van der Waals surface area contributed by atoms with Crippen molar-refractivity contribution in [1.82, 2.24) is 5.32 Å². The van der Waals surface area contributed by atoms with Crippen LogP contribution in [0.2, 0.25) is 0 Å². The summed E-state index contributed by atoms with van der Waals surface area (Å²) >= 11 is 0. The van der Waals surface area contributed by atoms with Crippen molar-refractivity contribution in [1.29, 1.82) is 5.26 Å². The van der Waals surface area contributed by atoms with E-state index in [9.17, 15) is 15.5 Å². The molecule has 21 heavy (non-hydrogen) atoms. The monoisotopic (exact) mass is 284 g/mol. The maximum absolute atomic E-state index is 11.4. The predicted molar refractivity (Wildman–Crippen MR) is 77.7 cm³/mol. The van der Waals surface area contributed by atoms with E-state index >= 15 is 0 Å². The van der Waals surface area contributed by atoms with Crippen LogP contribution < -0.4 is 5.32 Å². The molecule has 2 fully saturated rings. The number of nitriles is 1. The summed E-state index contributed by atoms with van der Waals surface area (Å²) < 4.78 is 0. The minimum Gasteiger partial charge on any atom is -0.396 e. The molecule has 4 rings (SSSR count). The molecule has 0 radical (unpaired) electrons. The second kappa shape index (κ2) is 4.30. The number of rotatable bonds is 1. The van der Waals surface area contributed by atoms with E-state index in [1.807, 2.05) is 18.2 Å². The van der Waals surface area contributed by atoms with Gasteiger partial charge in [-0.2, -0.15) is 5.26 Å². The molecular formula is C17H20N2O2. The maximum Gasteiger partial charge on any atom is 0.0991 e. The van der Waals surface area contributed by atoms with Gasteiger partial charge < -0.3 is 15.5 Å². The number of nitrogens with one attached hydrogen (secondary N) is 1. The molecule has 2 aliphatic carbocycles. The highest BCUT2D eigenvalue weighted by atomic mass is 16.3. The Kier molecular flexibility index (Phi) is 2.71. The number of aliphatic hydroxyl groups excluding tert-OH is 1. The average Bonchev–Trinajstić information content (AvgIpc) is 2.82. The number of hydrogen-bond donors (Lipinski definition) is 3. The van der Waals surface area contributed by atoms with Gasteiger partial charge in [0.15, 0.2) is 0 Å². The third-order valence-electron chi connectivity index (χ3n) is 6.02. The molecule has 0 spiro atoms. The summed E-state index contributed by atoms with van der Waals surface area (Å²) in [6.07, 6.45) is 3.15. The summed E-state index contributed by atoms with van der Waals surface area (Å²) in [5, 5.41) is 33.7. The molecule has 3 N–H and O–H groups in total. The summed E-state index contributed by atoms with van der Waals surface area (Å²) in [4.78, 5) is 0. The molecule has 4 heteroatoms. The van der Waals surface area contributed by atoms with E-state index in [1.165, 1.54) is 5.56 Å². The van der Waals surface area contributed by atoms with Crippen molar-refractivity contribution in [3.8, 4) is 6.07 Å². The van der Waals surface area contributed by atoms with Crippen LogP contribution in [-0.2, 0) is 11.8 Å². The van der Waals surface area contributed by atoms with Gasteiger partial charge in [0.25, 0.3) is 0 Å². The minimum absolute atomic E-state index is 0.0586. The highest BCUT2D eigenvalue weighted by molar-refractivity contribution is 5.49. The van der Waals surface area contributed by atoms with Gasteiger partial charge in [0, 0.05) is 18.1 Å². The molecule has 1 heterocycles. The Bertz CT molecular complexity index is 638. The van der Waals surface area contributed by atoms with Crippen molar-refractivity contribution in [3.05, 3.63) is 34.9 Å². The lowest BCUT2D eigenvalue weighted by Gasteiger charge is -2.55. The van der Waals surface area contributed by atoms with Crippen LogP contribution >= 0.6 is 0 Å². The van der Waals surface area contributed by atoms with Crippen molar-refractivity contribution in [2.75, 3.05) is 13.2 Å². The van der Waals surface area contributed by atoms with E-state index in [4.69, 9.17) is 0 Å². The number of fused-ring (bicyclic) bond motifs is 1. The number of aliphatic hydroxyl groups is 2. The zero-order chi connectivity index (χ0) is 14.7. The van der Waals surface area contributed by atoms with Crippen LogP contribution in [0, 0.1) is 17.2 Å². The molecule has 0 aromatic heterocycles. The third kappa shape index (κ3) is 1.54. The molecule has 3 aliphatic rings. The summed E-state index contributed by atoms with van der Waals surface area (Å²) in [5.74, 6) is 0.147. The molecule has 1 saturated carbocycles. The lowest BCUT2D eigenvalue weighted by molar-refractivity contribution is -0.0808. The van der Waals surface area contributed by atoms with Gasteiger partial charge in [-0.25, -0.2) is 0 Å². The van der Waals surface area contributed by atoms with Crippen molar-refractivity contribution < 1.29 is 10.2 Å². The molecule has 4 atom stereocenters. The number of hydrogen-bond acceptors (Lipinski definition) is 4. The molecule has 1 aromatic carbocycles. The topological polar surface area (TPSA) is 76.3 Å². The molecule has 1 saturated heterocycles. The second-order valence-corrected chi connectivity index (χ2v) is 6.91. The van der Waals surface area contributed by atoms with E-state index in [-0.39, 0.29) is 24.0 Å². The first-order valence-electron chi connectivity index (χ1n) is 7.73. The van der Waals surface area contributed by atoms with Gasteiger partial charge in [-0.3, -0.25) is 0 Å². The Balaban J connectivity index is 1.94. The van der Waals surface area contributed by atoms with E-state index in [2.05, 4.69) is 11.4 Å². The Morgan fingerprint density at radius 1 is 1.38 bits per heavy atom. The van der Waals surface area contributed by atoms with E-state index in [0.717, 1.165) is 31.4 Å². The number of piperidine rings is 1. The van der Waals surface area contributed by atoms with E-state index in [1.54, 1.807) is 0 Å². The average molecular weight is 284 g/mol. The minimum atomic E-state index is -0.792. The first-order valence-corrected chi connectivity index (χ1v) is 7.73. The molecule has 0 amide bonds. The van der Waals surface area contributed by atoms with Crippen molar-refractivity contribution in [2.45, 2.75) is 42.7 Å². The Morgan fingerprint density at radius 2 is 2.24 bits per heavy atom.